The molecule has 2 nitrogen and oxygen atoms in total. The van der Waals surface area contributed by atoms with Gasteiger partial charge in [0.25, 0.3) is 0 Å². The van der Waals surface area contributed by atoms with Crippen LogP contribution in [0, 0.1) is 0 Å². The zero-order valence-electron chi connectivity index (χ0n) is 17.5. The van der Waals surface area contributed by atoms with E-state index in [2.05, 4.69) is 92.0 Å². The minimum atomic E-state index is -1.70. The Morgan fingerprint density at radius 3 is 1.33 bits per heavy atom. The van der Waals surface area contributed by atoms with Crippen LogP contribution in [0.15, 0.2) is 24.3 Å². The van der Waals surface area contributed by atoms with E-state index in [1.165, 1.54) is 11.1 Å². The van der Waals surface area contributed by atoms with Crippen LogP contribution in [0.25, 0.3) is 0 Å². The summed E-state index contributed by atoms with van der Waals surface area (Å²) >= 11 is 0. The summed E-state index contributed by atoms with van der Waals surface area (Å²) in [6.45, 7) is 24.3. The van der Waals surface area contributed by atoms with Gasteiger partial charge in [0.1, 0.15) is 0 Å². The average molecular weight is 367 g/mol. The Balaban J connectivity index is 2.72. The lowest BCUT2D eigenvalue weighted by atomic mass is 10.1. The fourth-order valence-corrected chi connectivity index (χ4v) is 3.69. The first-order valence-corrected chi connectivity index (χ1v) is 14.8. The maximum Gasteiger partial charge on any atom is 0.192 e. The van der Waals surface area contributed by atoms with Crippen LogP contribution in [-0.2, 0) is 22.1 Å². The normalized spacial score (nSPS) is 14.1. The minimum Gasteiger partial charge on any atom is -0.413 e. The predicted molar refractivity (Wildman–Crippen MR) is 110 cm³/mol. The minimum absolute atomic E-state index is 0.246. The van der Waals surface area contributed by atoms with Crippen LogP contribution in [0.3, 0.4) is 0 Å². The maximum atomic E-state index is 6.34. The molecule has 0 aliphatic carbocycles. The molecule has 0 aliphatic rings. The van der Waals surface area contributed by atoms with Gasteiger partial charge >= 0.3 is 0 Å². The predicted octanol–water partition coefficient (Wildman–Crippen LogP) is 6.73. The second-order valence-corrected chi connectivity index (χ2v) is 19.5. The highest BCUT2D eigenvalue weighted by atomic mass is 28.4. The Hall–Kier alpha value is -0.426. The van der Waals surface area contributed by atoms with Gasteiger partial charge < -0.3 is 8.85 Å². The van der Waals surface area contributed by atoms with Gasteiger partial charge in [-0.05, 0) is 47.4 Å². The maximum absolute atomic E-state index is 6.34. The van der Waals surface area contributed by atoms with Crippen molar-refractivity contribution in [3.8, 4) is 0 Å². The van der Waals surface area contributed by atoms with Crippen LogP contribution < -0.4 is 0 Å². The zero-order valence-corrected chi connectivity index (χ0v) is 19.5. The van der Waals surface area contributed by atoms with E-state index >= 15 is 0 Å². The van der Waals surface area contributed by atoms with Crippen molar-refractivity contribution in [3.05, 3.63) is 35.4 Å². The second-order valence-electron chi connectivity index (χ2n) is 9.92. The molecule has 0 aromatic heterocycles. The van der Waals surface area contributed by atoms with Crippen molar-refractivity contribution < 1.29 is 8.85 Å². The monoisotopic (exact) mass is 366 g/mol. The number of hydrogen-bond acceptors (Lipinski definition) is 2. The van der Waals surface area contributed by atoms with Crippen molar-refractivity contribution in [2.45, 2.75) is 91.0 Å². The fraction of sp³-hybridized carbons (Fsp3) is 0.700. The molecule has 0 atom stereocenters. The molecular formula is C20H38O2Si2. The van der Waals surface area contributed by atoms with Crippen molar-refractivity contribution in [2.75, 3.05) is 0 Å². The first-order valence-electron chi connectivity index (χ1n) is 9.01. The van der Waals surface area contributed by atoms with E-state index in [1.54, 1.807) is 0 Å². The van der Waals surface area contributed by atoms with Crippen LogP contribution in [0.5, 0.6) is 0 Å². The number of rotatable bonds is 6. The summed E-state index contributed by atoms with van der Waals surface area (Å²) < 4.78 is 12.7. The molecule has 138 valence electrons. The summed E-state index contributed by atoms with van der Waals surface area (Å²) in [5.74, 6) is 0. The number of benzene rings is 1. The molecule has 1 aromatic rings. The molecule has 0 amide bonds. The molecule has 0 N–H and O–H groups in total. The molecule has 1 aromatic carbocycles. The zero-order chi connectivity index (χ0) is 18.8. The van der Waals surface area contributed by atoms with Gasteiger partial charge in [0.05, 0.1) is 13.2 Å². The topological polar surface area (TPSA) is 18.5 Å². The third-order valence-electron chi connectivity index (χ3n) is 5.80. The molecular weight excluding hydrogens is 328 g/mol. The van der Waals surface area contributed by atoms with Crippen LogP contribution in [0.1, 0.15) is 52.7 Å². The molecule has 0 saturated heterocycles. The number of hydrogen-bond donors (Lipinski definition) is 0. The van der Waals surface area contributed by atoms with Crippen LogP contribution in [0.2, 0.25) is 36.3 Å². The summed E-state index contributed by atoms with van der Waals surface area (Å²) in [4.78, 5) is 0. The lowest BCUT2D eigenvalue weighted by molar-refractivity contribution is 0.270. The van der Waals surface area contributed by atoms with Gasteiger partial charge in [0, 0.05) is 0 Å². The molecule has 0 unspecified atom stereocenters. The van der Waals surface area contributed by atoms with E-state index in [9.17, 15) is 0 Å². The van der Waals surface area contributed by atoms with Crippen molar-refractivity contribution in [1.82, 2.24) is 0 Å². The standard InChI is InChI=1S/C20H38O2Si2/c1-19(2,3)23(7,8)21-15-17-12-11-13-18(14-17)16-22-24(9,10)20(4,5)6/h11-14H,15-16H2,1-10H3. The van der Waals surface area contributed by atoms with Gasteiger partial charge in [-0.1, -0.05) is 65.8 Å². The van der Waals surface area contributed by atoms with Gasteiger partial charge in [0.2, 0.25) is 0 Å². The molecule has 0 fully saturated rings. The summed E-state index contributed by atoms with van der Waals surface area (Å²) in [5, 5.41) is 0.492. The average Bonchev–Trinajstić information content (AvgIpc) is 2.41. The Bertz CT molecular complexity index is 492. The Kier molecular flexibility index (Phi) is 6.70. The van der Waals surface area contributed by atoms with E-state index in [0.29, 0.717) is 13.2 Å². The Labute approximate surface area is 152 Å². The van der Waals surface area contributed by atoms with Gasteiger partial charge in [-0.2, -0.15) is 0 Å². The van der Waals surface area contributed by atoms with Crippen LogP contribution >= 0.6 is 0 Å². The van der Waals surface area contributed by atoms with E-state index in [0.717, 1.165) is 0 Å². The van der Waals surface area contributed by atoms with E-state index < -0.39 is 16.6 Å². The molecule has 0 radical (unpaired) electrons. The van der Waals surface area contributed by atoms with E-state index in [4.69, 9.17) is 8.85 Å². The van der Waals surface area contributed by atoms with Crippen LogP contribution in [0.4, 0.5) is 0 Å². The third-order valence-corrected chi connectivity index (χ3v) is 14.8. The van der Waals surface area contributed by atoms with Crippen molar-refractivity contribution >= 4 is 16.6 Å². The highest BCUT2D eigenvalue weighted by Crippen LogP contribution is 2.38. The summed E-state index contributed by atoms with van der Waals surface area (Å²) in [6, 6.07) is 8.67. The molecule has 0 aliphatic heterocycles. The van der Waals surface area contributed by atoms with Gasteiger partial charge in [-0.25, -0.2) is 0 Å². The molecule has 0 bridgehead atoms. The first kappa shape index (κ1) is 21.6. The van der Waals surface area contributed by atoms with Crippen LogP contribution in [-0.4, -0.2) is 16.6 Å². The molecule has 4 heteroatoms. The molecule has 1 rings (SSSR count). The fourth-order valence-electron chi connectivity index (χ4n) is 1.77. The molecule has 0 heterocycles. The molecule has 24 heavy (non-hydrogen) atoms. The van der Waals surface area contributed by atoms with Gasteiger partial charge in [0.15, 0.2) is 16.6 Å². The van der Waals surface area contributed by atoms with Crippen molar-refractivity contribution in [1.29, 1.82) is 0 Å². The van der Waals surface area contributed by atoms with Crippen molar-refractivity contribution in [2.24, 2.45) is 0 Å². The summed E-state index contributed by atoms with van der Waals surface area (Å²) in [6.07, 6.45) is 0. The van der Waals surface area contributed by atoms with Gasteiger partial charge in [-0.15, -0.1) is 0 Å². The van der Waals surface area contributed by atoms with E-state index in [1.807, 2.05) is 0 Å². The third kappa shape index (κ3) is 5.83. The van der Waals surface area contributed by atoms with E-state index in [-0.39, 0.29) is 10.1 Å². The summed E-state index contributed by atoms with van der Waals surface area (Å²) in [5.41, 5.74) is 2.49. The van der Waals surface area contributed by atoms with Gasteiger partial charge in [-0.3, -0.25) is 0 Å². The highest BCUT2D eigenvalue weighted by molar-refractivity contribution is 6.74. The second kappa shape index (κ2) is 7.44. The Morgan fingerprint density at radius 1 is 0.708 bits per heavy atom. The van der Waals surface area contributed by atoms with Crippen molar-refractivity contribution in [3.63, 3.8) is 0 Å². The summed E-state index contributed by atoms with van der Waals surface area (Å²) in [7, 11) is -3.41. The Morgan fingerprint density at radius 2 is 1.04 bits per heavy atom. The lowest BCUT2D eigenvalue weighted by Crippen LogP contribution is -2.40. The highest BCUT2D eigenvalue weighted by Gasteiger charge is 2.38. The first-order chi connectivity index (χ1) is 10.7. The largest absolute Gasteiger partial charge is 0.413 e. The SMILES string of the molecule is CC(C)(C)[Si](C)(C)OCc1cccc(CO[Si](C)(C)C(C)(C)C)c1. The molecule has 0 saturated carbocycles. The quantitative estimate of drug-likeness (QED) is 0.520. The lowest BCUT2D eigenvalue weighted by Gasteiger charge is -2.36. The smallest absolute Gasteiger partial charge is 0.192 e. The molecule has 0 spiro atoms.